The van der Waals surface area contributed by atoms with Crippen LogP contribution < -0.4 is 11.1 Å². The number of aromatic nitrogens is 1. The molecule has 3 aromatic rings. The van der Waals surface area contributed by atoms with Crippen molar-refractivity contribution in [3.05, 3.63) is 52.5 Å². The number of carbonyl (C=O) groups excluding carboxylic acids is 1. The van der Waals surface area contributed by atoms with Gasteiger partial charge in [0.05, 0.1) is 4.88 Å². The summed E-state index contributed by atoms with van der Waals surface area (Å²) in [7, 11) is 0. The molecule has 6 heteroatoms. The van der Waals surface area contributed by atoms with E-state index >= 15 is 0 Å². The Morgan fingerprint density at radius 2 is 2.10 bits per heavy atom. The van der Waals surface area contributed by atoms with Crippen LogP contribution in [-0.4, -0.2) is 10.9 Å². The van der Waals surface area contributed by atoms with Crippen LogP contribution in [0.15, 0.2) is 42.6 Å². The summed E-state index contributed by atoms with van der Waals surface area (Å²) in [5, 5.41) is 4.20. The highest BCUT2D eigenvalue weighted by Crippen LogP contribution is 2.27. The van der Waals surface area contributed by atoms with Crippen molar-refractivity contribution in [3.63, 3.8) is 0 Å². The largest absolute Gasteiger partial charge is 0.399 e. The maximum atomic E-state index is 12.2. The van der Waals surface area contributed by atoms with Gasteiger partial charge in [-0.1, -0.05) is 11.6 Å². The molecule has 20 heavy (non-hydrogen) atoms. The van der Waals surface area contributed by atoms with E-state index in [9.17, 15) is 4.79 Å². The van der Waals surface area contributed by atoms with E-state index in [1.54, 1.807) is 18.3 Å². The van der Waals surface area contributed by atoms with Gasteiger partial charge in [-0.05, 0) is 41.8 Å². The van der Waals surface area contributed by atoms with Crippen molar-refractivity contribution in [1.29, 1.82) is 0 Å². The molecular formula is C14H10ClN3OS. The third kappa shape index (κ3) is 2.59. The summed E-state index contributed by atoms with van der Waals surface area (Å²) in [4.78, 5) is 16.8. The topological polar surface area (TPSA) is 68.0 Å². The minimum atomic E-state index is -0.209. The maximum absolute atomic E-state index is 12.2. The van der Waals surface area contributed by atoms with E-state index in [2.05, 4.69) is 10.3 Å². The van der Waals surface area contributed by atoms with E-state index in [0.717, 1.165) is 10.1 Å². The fraction of sp³-hybridized carbons (Fsp3) is 0. The zero-order valence-corrected chi connectivity index (χ0v) is 11.8. The number of fused-ring (bicyclic) bond motifs is 1. The quantitative estimate of drug-likeness (QED) is 0.708. The number of rotatable bonds is 2. The van der Waals surface area contributed by atoms with Crippen molar-refractivity contribution in [2.24, 2.45) is 0 Å². The predicted octanol–water partition coefficient (Wildman–Crippen LogP) is 3.78. The summed E-state index contributed by atoms with van der Waals surface area (Å²) in [6, 6.07) is 10.6. The molecule has 0 spiro atoms. The van der Waals surface area contributed by atoms with Crippen LogP contribution >= 0.6 is 22.9 Å². The van der Waals surface area contributed by atoms with Gasteiger partial charge in [-0.15, -0.1) is 11.3 Å². The number of nitrogens with zero attached hydrogens (tertiary/aromatic N) is 1. The van der Waals surface area contributed by atoms with Gasteiger partial charge in [0.1, 0.15) is 5.82 Å². The van der Waals surface area contributed by atoms with Crippen LogP contribution in [0.25, 0.3) is 10.1 Å². The first kappa shape index (κ1) is 12.9. The normalized spacial score (nSPS) is 10.7. The van der Waals surface area contributed by atoms with Crippen LogP contribution in [0.4, 0.5) is 11.5 Å². The summed E-state index contributed by atoms with van der Waals surface area (Å²) < 4.78 is 1.02. The van der Waals surface area contributed by atoms with E-state index in [1.165, 1.54) is 11.3 Å². The standard InChI is InChI=1S/C14H10ClN3OS/c15-9-3-4-17-13(7-9)18-14(19)12-6-8-5-10(16)1-2-11(8)20-12/h1-7H,16H2,(H,17,18,19). The van der Waals surface area contributed by atoms with Crippen LogP contribution in [0.2, 0.25) is 5.02 Å². The molecule has 4 nitrogen and oxygen atoms in total. The Morgan fingerprint density at radius 1 is 1.25 bits per heavy atom. The van der Waals surface area contributed by atoms with Crippen LogP contribution in [0.5, 0.6) is 0 Å². The highest BCUT2D eigenvalue weighted by molar-refractivity contribution is 7.20. The number of hydrogen-bond donors (Lipinski definition) is 2. The second-order valence-corrected chi connectivity index (χ2v) is 5.74. The Morgan fingerprint density at radius 3 is 2.90 bits per heavy atom. The van der Waals surface area contributed by atoms with Gasteiger partial charge in [0.15, 0.2) is 0 Å². The molecule has 3 rings (SSSR count). The van der Waals surface area contributed by atoms with Crippen molar-refractivity contribution >= 4 is 50.4 Å². The van der Waals surface area contributed by atoms with Crippen molar-refractivity contribution < 1.29 is 4.79 Å². The number of hydrogen-bond acceptors (Lipinski definition) is 4. The van der Waals surface area contributed by atoms with Crippen LogP contribution in [0.1, 0.15) is 9.67 Å². The number of halogens is 1. The van der Waals surface area contributed by atoms with Gasteiger partial charge in [0.25, 0.3) is 5.91 Å². The molecule has 0 saturated heterocycles. The number of thiophene rings is 1. The molecule has 0 radical (unpaired) electrons. The zero-order valence-electron chi connectivity index (χ0n) is 10.3. The molecule has 100 valence electrons. The van der Waals surface area contributed by atoms with Crippen LogP contribution in [0.3, 0.4) is 0 Å². The number of amides is 1. The van der Waals surface area contributed by atoms with Crippen LogP contribution in [-0.2, 0) is 0 Å². The van der Waals surface area contributed by atoms with Crippen LogP contribution in [0, 0.1) is 0 Å². The lowest BCUT2D eigenvalue weighted by Gasteiger charge is -2.02. The molecule has 0 bridgehead atoms. The van der Waals surface area contributed by atoms with Crippen molar-refractivity contribution in [2.75, 3.05) is 11.1 Å². The van der Waals surface area contributed by atoms with Gasteiger partial charge < -0.3 is 11.1 Å². The van der Waals surface area contributed by atoms with E-state index in [0.29, 0.717) is 21.4 Å². The summed E-state index contributed by atoms with van der Waals surface area (Å²) in [5.74, 6) is 0.221. The third-order valence-corrected chi connectivity index (χ3v) is 4.08. The predicted molar refractivity (Wildman–Crippen MR) is 83.4 cm³/mol. The molecule has 2 aromatic heterocycles. The first-order valence-corrected chi connectivity index (χ1v) is 7.03. The van der Waals surface area contributed by atoms with E-state index < -0.39 is 0 Å². The highest BCUT2D eigenvalue weighted by atomic mass is 35.5. The minimum Gasteiger partial charge on any atom is -0.399 e. The number of pyridine rings is 1. The molecule has 0 aliphatic heterocycles. The Labute approximate surface area is 124 Å². The maximum Gasteiger partial charge on any atom is 0.266 e. The Bertz CT molecular complexity index is 800. The number of nitrogen functional groups attached to an aromatic ring is 1. The summed E-state index contributed by atoms with van der Waals surface area (Å²) in [6.07, 6.45) is 1.55. The molecule has 0 aliphatic carbocycles. The molecule has 0 unspecified atom stereocenters. The van der Waals surface area contributed by atoms with Crippen molar-refractivity contribution in [3.8, 4) is 0 Å². The van der Waals surface area contributed by atoms with Crippen molar-refractivity contribution in [2.45, 2.75) is 0 Å². The second kappa shape index (κ2) is 5.11. The average Bonchev–Trinajstić information content (AvgIpc) is 2.81. The molecule has 0 fully saturated rings. The smallest absolute Gasteiger partial charge is 0.266 e. The number of carbonyl (C=O) groups is 1. The Balaban J connectivity index is 1.88. The van der Waals surface area contributed by atoms with Gasteiger partial charge in [0.2, 0.25) is 0 Å². The van der Waals surface area contributed by atoms with E-state index in [4.69, 9.17) is 17.3 Å². The highest BCUT2D eigenvalue weighted by Gasteiger charge is 2.11. The lowest BCUT2D eigenvalue weighted by molar-refractivity contribution is 0.103. The van der Waals surface area contributed by atoms with Crippen molar-refractivity contribution in [1.82, 2.24) is 4.98 Å². The van der Waals surface area contributed by atoms with Gasteiger partial charge >= 0.3 is 0 Å². The SMILES string of the molecule is Nc1ccc2sc(C(=O)Nc3cc(Cl)ccn3)cc2c1. The number of anilines is 2. The number of benzene rings is 1. The molecule has 0 aliphatic rings. The molecular weight excluding hydrogens is 294 g/mol. The molecule has 3 N–H and O–H groups in total. The van der Waals surface area contributed by atoms with Gasteiger partial charge in [-0.2, -0.15) is 0 Å². The van der Waals surface area contributed by atoms with E-state index in [-0.39, 0.29) is 5.91 Å². The first-order chi connectivity index (χ1) is 9.61. The summed E-state index contributed by atoms with van der Waals surface area (Å²) >= 11 is 7.26. The second-order valence-electron chi connectivity index (χ2n) is 4.22. The lowest BCUT2D eigenvalue weighted by atomic mass is 10.2. The molecule has 0 atom stereocenters. The Kier molecular flexibility index (Phi) is 3.30. The summed E-state index contributed by atoms with van der Waals surface area (Å²) in [6.45, 7) is 0. The molecule has 1 aromatic carbocycles. The minimum absolute atomic E-state index is 0.209. The van der Waals surface area contributed by atoms with Gasteiger partial charge in [-0.3, -0.25) is 4.79 Å². The molecule has 1 amide bonds. The third-order valence-electron chi connectivity index (χ3n) is 2.73. The molecule has 0 saturated carbocycles. The number of nitrogens with two attached hydrogens (primary N) is 1. The van der Waals surface area contributed by atoms with E-state index in [1.807, 2.05) is 24.3 Å². The molecule has 2 heterocycles. The van der Waals surface area contributed by atoms with Gasteiger partial charge in [-0.25, -0.2) is 4.98 Å². The first-order valence-electron chi connectivity index (χ1n) is 5.84. The average molecular weight is 304 g/mol. The number of nitrogens with one attached hydrogen (secondary N) is 1. The monoisotopic (exact) mass is 303 g/mol. The lowest BCUT2D eigenvalue weighted by Crippen LogP contribution is -2.11. The fourth-order valence-electron chi connectivity index (χ4n) is 1.82. The zero-order chi connectivity index (χ0) is 14.1. The Hall–Kier alpha value is -2.11. The fourth-order valence-corrected chi connectivity index (χ4v) is 2.92. The van der Waals surface area contributed by atoms with Gasteiger partial charge in [0, 0.05) is 21.6 Å². The summed E-state index contributed by atoms with van der Waals surface area (Å²) in [5.41, 5.74) is 6.41.